The Morgan fingerprint density at radius 2 is 1.02 bits per heavy atom. The zero-order chi connectivity index (χ0) is 33.4. The Kier molecular flexibility index (Phi) is 29.2. The van der Waals surface area contributed by atoms with Crippen LogP contribution in [-0.4, -0.2) is 24.0 Å². The van der Waals surface area contributed by atoms with Crippen LogP contribution in [0, 0.1) is 5.92 Å². The van der Waals surface area contributed by atoms with Gasteiger partial charge in [-0.15, -0.1) is 0 Å². The number of amidine groups is 1. The van der Waals surface area contributed by atoms with Crippen LogP contribution in [0.2, 0.25) is 0 Å². The largest absolute Gasteiger partial charge is 0.369 e. The Morgan fingerprint density at radius 3 is 1.46 bits per heavy atom. The summed E-state index contributed by atoms with van der Waals surface area (Å²) in [5.41, 5.74) is -0.412. The van der Waals surface area contributed by atoms with Gasteiger partial charge in [0.05, 0.1) is 12.4 Å². The smallest absolute Gasteiger partial charge is 0.221 e. The van der Waals surface area contributed by atoms with E-state index >= 15 is 0 Å². The molecule has 0 saturated carbocycles. The van der Waals surface area contributed by atoms with Crippen molar-refractivity contribution in [2.45, 2.75) is 245 Å². The van der Waals surface area contributed by atoms with E-state index in [-0.39, 0.29) is 5.91 Å². The summed E-state index contributed by atoms with van der Waals surface area (Å²) < 4.78 is 0. The average Bonchev–Trinajstić information content (AvgIpc) is 3.42. The van der Waals surface area contributed by atoms with Gasteiger partial charge >= 0.3 is 0 Å². The molecule has 1 heterocycles. The van der Waals surface area contributed by atoms with Crippen molar-refractivity contribution in [3.63, 3.8) is 0 Å². The maximum Gasteiger partial charge on any atom is 0.221 e. The number of aliphatic imine (C=N–C) groups is 1. The molecule has 0 aliphatic carbocycles. The molecule has 0 bridgehead atoms. The lowest BCUT2D eigenvalue weighted by atomic mass is 10.0. The van der Waals surface area contributed by atoms with Gasteiger partial charge in [-0.25, -0.2) is 4.99 Å². The SMILES string of the molecule is CCCCCCCCCCCCCCCCCCC1=NC(CCC)(NC(=O)CCCCCCCCCCCCCCC(C)C)CN1. The van der Waals surface area contributed by atoms with Crippen molar-refractivity contribution in [2.75, 3.05) is 6.54 Å². The maximum absolute atomic E-state index is 12.8. The van der Waals surface area contributed by atoms with Crippen LogP contribution in [0.1, 0.15) is 240 Å². The Morgan fingerprint density at radius 1 is 0.609 bits per heavy atom. The minimum Gasteiger partial charge on any atom is -0.369 e. The van der Waals surface area contributed by atoms with Crippen LogP contribution < -0.4 is 10.6 Å². The van der Waals surface area contributed by atoms with Crippen LogP contribution in [0.25, 0.3) is 0 Å². The summed E-state index contributed by atoms with van der Waals surface area (Å²) in [4.78, 5) is 17.9. The molecule has 46 heavy (non-hydrogen) atoms. The minimum absolute atomic E-state index is 0.191. The molecular weight excluding hydrogens is 562 g/mol. The van der Waals surface area contributed by atoms with Crippen LogP contribution in [0.5, 0.6) is 0 Å². The van der Waals surface area contributed by atoms with E-state index in [1.54, 1.807) is 0 Å². The number of rotatable bonds is 35. The molecule has 272 valence electrons. The molecule has 2 N–H and O–H groups in total. The van der Waals surface area contributed by atoms with E-state index in [1.165, 1.54) is 180 Å². The molecule has 1 rings (SSSR count). The van der Waals surface area contributed by atoms with Gasteiger partial charge in [0.25, 0.3) is 0 Å². The summed E-state index contributed by atoms with van der Waals surface area (Å²) in [7, 11) is 0. The van der Waals surface area contributed by atoms with E-state index < -0.39 is 5.66 Å². The summed E-state index contributed by atoms with van der Waals surface area (Å²) >= 11 is 0. The lowest BCUT2D eigenvalue weighted by Crippen LogP contribution is -2.49. The van der Waals surface area contributed by atoms with Crippen molar-refractivity contribution in [1.29, 1.82) is 0 Å². The molecular formula is C42H83N3O. The van der Waals surface area contributed by atoms with Crippen molar-refractivity contribution in [3.8, 4) is 0 Å². The van der Waals surface area contributed by atoms with Gasteiger partial charge in [0.2, 0.25) is 5.91 Å². The van der Waals surface area contributed by atoms with Crippen LogP contribution in [0.3, 0.4) is 0 Å². The lowest BCUT2D eigenvalue weighted by Gasteiger charge is -2.26. The Bertz CT molecular complexity index is 705. The molecule has 0 aromatic carbocycles. The van der Waals surface area contributed by atoms with Crippen LogP contribution >= 0.6 is 0 Å². The van der Waals surface area contributed by atoms with E-state index in [4.69, 9.17) is 4.99 Å². The highest BCUT2D eigenvalue weighted by molar-refractivity contribution is 5.85. The highest BCUT2D eigenvalue weighted by atomic mass is 16.1. The van der Waals surface area contributed by atoms with E-state index in [0.717, 1.165) is 44.0 Å². The number of carbonyl (C=O) groups excluding carboxylic acids is 1. The molecule has 1 atom stereocenters. The first-order chi connectivity index (χ1) is 22.5. The molecule has 0 aromatic heterocycles. The molecule has 0 fully saturated rings. The van der Waals surface area contributed by atoms with Crippen molar-refractivity contribution in [2.24, 2.45) is 10.9 Å². The fourth-order valence-electron chi connectivity index (χ4n) is 7.19. The molecule has 1 aliphatic heterocycles. The molecule has 0 saturated heterocycles. The van der Waals surface area contributed by atoms with Crippen molar-refractivity contribution in [3.05, 3.63) is 0 Å². The first kappa shape index (κ1) is 43.0. The van der Waals surface area contributed by atoms with Gasteiger partial charge in [0.15, 0.2) is 5.66 Å². The summed E-state index contributed by atoms with van der Waals surface area (Å²) in [6.07, 6.45) is 43.5. The second kappa shape index (κ2) is 31.2. The van der Waals surface area contributed by atoms with Gasteiger partial charge in [-0.2, -0.15) is 0 Å². The van der Waals surface area contributed by atoms with Gasteiger partial charge in [0, 0.05) is 12.8 Å². The summed E-state index contributed by atoms with van der Waals surface area (Å²) in [6.45, 7) is 9.92. The predicted octanol–water partition coefficient (Wildman–Crippen LogP) is 13.4. The first-order valence-electron chi connectivity index (χ1n) is 21.1. The third-order valence-electron chi connectivity index (χ3n) is 10.2. The van der Waals surface area contributed by atoms with Crippen molar-refractivity contribution >= 4 is 11.7 Å². The third kappa shape index (κ3) is 26.0. The first-order valence-corrected chi connectivity index (χ1v) is 21.1. The molecule has 0 radical (unpaired) electrons. The standard InChI is InChI=1S/C42H83N3O/c1-5-7-8-9-10-11-12-13-14-15-16-20-23-26-29-32-35-40-43-38-42(44-40,37-6-2)45-41(46)36-33-30-27-24-21-18-17-19-22-25-28-31-34-39(3)4/h39H,5-38H2,1-4H3,(H,43,44)(H,45,46). The highest BCUT2D eigenvalue weighted by Gasteiger charge is 2.35. The lowest BCUT2D eigenvalue weighted by molar-refractivity contribution is -0.123. The maximum atomic E-state index is 12.8. The molecule has 4 heteroatoms. The summed E-state index contributed by atoms with van der Waals surface area (Å²) in [5.74, 6) is 2.17. The number of hydrogen-bond donors (Lipinski definition) is 2. The zero-order valence-corrected chi connectivity index (χ0v) is 32.0. The second-order valence-electron chi connectivity index (χ2n) is 15.5. The van der Waals surface area contributed by atoms with Gasteiger partial charge in [0.1, 0.15) is 0 Å². The third-order valence-corrected chi connectivity index (χ3v) is 10.2. The topological polar surface area (TPSA) is 53.5 Å². The molecule has 0 aromatic rings. The van der Waals surface area contributed by atoms with Crippen LogP contribution in [0.15, 0.2) is 4.99 Å². The van der Waals surface area contributed by atoms with Crippen molar-refractivity contribution < 1.29 is 4.79 Å². The average molecular weight is 646 g/mol. The van der Waals surface area contributed by atoms with Gasteiger partial charge in [-0.1, -0.05) is 207 Å². The number of nitrogens with zero attached hydrogens (tertiary/aromatic N) is 1. The fraction of sp³-hybridized carbons (Fsp3) is 0.952. The van der Waals surface area contributed by atoms with Crippen LogP contribution in [-0.2, 0) is 4.79 Å². The number of unbranched alkanes of at least 4 members (excludes halogenated alkanes) is 26. The highest BCUT2D eigenvalue weighted by Crippen LogP contribution is 2.22. The Labute approximate surface area is 289 Å². The molecule has 4 nitrogen and oxygen atoms in total. The minimum atomic E-state index is -0.412. The number of carbonyl (C=O) groups is 1. The molecule has 1 unspecified atom stereocenters. The second-order valence-corrected chi connectivity index (χ2v) is 15.5. The number of hydrogen-bond acceptors (Lipinski definition) is 3. The monoisotopic (exact) mass is 646 g/mol. The predicted molar refractivity (Wildman–Crippen MR) is 205 cm³/mol. The van der Waals surface area contributed by atoms with E-state index in [0.29, 0.717) is 6.42 Å². The number of amides is 1. The Balaban J connectivity index is 2.01. The zero-order valence-electron chi connectivity index (χ0n) is 32.0. The normalized spacial score (nSPS) is 16.2. The van der Waals surface area contributed by atoms with Crippen molar-refractivity contribution in [1.82, 2.24) is 10.6 Å². The van der Waals surface area contributed by atoms with Gasteiger partial charge in [-0.05, 0) is 25.2 Å². The fourth-order valence-corrected chi connectivity index (χ4v) is 7.19. The van der Waals surface area contributed by atoms with E-state index in [9.17, 15) is 4.79 Å². The molecule has 1 aliphatic rings. The summed E-state index contributed by atoms with van der Waals surface area (Å²) in [5, 5.41) is 6.89. The number of nitrogens with one attached hydrogen (secondary N) is 2. The molecule has 0 spiro atoms. The van der Waals surface area contributed by atoms with Crippen LogP contribution in [0.4, 0.5) is 0 Å². The summed E-state index contributed by atoms with van der Waals surface area (Å²) in [6, 6.07) is 0. The van der Waals surface area contributed by atoms with E-state index in [2.05, 4.69) is 38.3 Å². The molecule has 1 amide bonds. The van der Waals surface area contributed by atoms with E-state index in [1.807, 2.05) is 0 Å². The Hall–Kier alpha value is -1.06. The quantitative estimate of drug-likeness (QED) is 0.0674. The van der Waals surface area contributed by atoms with Gasteiger partial charge in [-0.3, -0.25) is 4.79 Å². The van der Waals surface area contributed by atoms with Gasteiger partial charge < -0.3 is 10.6 Å².